The van der Waals surface area contributed by atoms with Crippen LogP contribution in [0.4, 0.5) is 0 Å². The smallest absolute Gasteiger partial charge is 0.182 e. The van der Waals surface area contributed by atoms with Crippen molar-refractivity contribution in [3.05, 3.63) is 24.3 Å². The molecule has 84 valence electrons. The van der Waals surface area contributed by atoms with Gasteiger partial charge >= 0.3 is 0 Å². The highest BCUT2D eigenvalue weighted by atomic mass is 15.1. The van der Waals surface area contributed by atoms with Crippen LogP contribution < -0.4 is 0 Å². The van der Waals surface area contributed by atoms with Gasteiger partial charge in [-0.1, -0.05) is 32.9 Å². The standard InChI is InChI=1S/C14H24N/c1-13(2,3)12-10-8-7-9-11-15(12)14(4,5)6/h7-10H,11H2,1-6H3/q+1. The van der Waals surface area contributed by atoms with Gasteiger partial charge in [-0.25, -0.2) is 4.58 Å². The summed E-state index contributed by atoms with van der Waals surface area (Å²) < 4.78 is 2.48. The van der Waals surface area contributed by atoms with Crippen molar-refractivity contribution in [1.29, 1.82) is 0 Å². The largest absolute Gasteiger partial charge is 0.225 e. The highest BCUT2D eigenvalue weighted by Gasteiger charge is 2.33. The Morgan fingerprint density at radius 3 is 2.07 bits per heavy atom. The van der Waals surface area contributed by atoms with Crippen LogP contribution in [0, 0.1) is 5.41 Å². The van der Waals surface area contributed by atoms with E-state index in [4.69, 9.17) is 0 Å². The zero-order valence-electron chi connectivity index (χ0n) is 11.0. The predicted octanol–water partition coefficient (Wildman–Crippen LogP) is 3.41. The molecule has 0 aromatic heterocycles. The fourth-order valence-corrected chi connectivity index (χ4v) is 1.87. The molecule has 0 radical (unpaired) electrons. The molecule has 0 unspecified atom stereocenters. The van der Waals surface area contributed by atoms with Crippen LogP contribution in [0.3, 0.4) is 0 Å². The van der Waals surface area contributed by atoms with Gasteiger partial charge in [-0.15, -0.1) is 0 Å². The molecule has 0 amide bonds. The third-order valence-corrected chi connectivity index (χ3v) is 2.66. The quantitative estimate of drug-likeness (QED) is 0.534. The second-order valence-electron chi connectivity index (χ2n) is 6.20. The molecule has 0 N–H and O–H groups in total. The molecule has 1 nitrogen and oxygen atoms in total. The Morgan fingerprint density at radius 1 is 1.00 bits per heavy atom. The average molecular weight is 206 g/mol. The summed E-state index contributed by atoms with van der Waals surface area (Å²) in [7, 11) is 0. The van der Waals surface area contributed by atoms with Crippen molar-refractivity contribution in [3.8, 4) is 0 Å². The number of nitrogens with zero attached hydrogens (tertiary/aromatic N) is 1. The van der Waals surface area contributed by atoms with E-state index in [1.807, 2.05) is 0 Å². The van der Waals surface area contributed by atoms with E-state index in [0.717, 1.165) is 6.54 Å². The first-order chi connectivity index (χ1) is 6.73. The van der Waals surface area contributed by atoms with Gasteiger partial charge in [0.25, 0.3) is 0 Å². The summed E-state index contributed by atoms with van der Waals surface area (Å²) in [5.74, 6) is 0. The predicted molar refractivity (Wildman–Crippen MR) is 67.6 cm³/mol. The van der Waals surface area contributed by atoms with E-state index < -0.39 is 0 Å². The molecule has 0 fully saturated rings. The van der Waals surface area contributed by atoms with Crippen LogP contribution in [0.25, 0.3) is 0 Å². The lowest BCUT2D eigenvalue weighted by Crippen LogP contribution is -2.41. The Bertz CT molecular complexity index is 316. The third-order valence-electron chi connectivity index (χ3n) is 2.66. The fourth-order valence-electron chi connectivity index (χ4n) is 1.87. The van der Waals surface area contributed by atoms with Crippen LogP contribution in [0.5, 0.6) is 0 Å². The molecule has 0 atom stereocenters. The Balaban J connectivity index is 3.28. The first-order valence-corrected chi connectivity index (χ1v) is 5.71. The summed E-state index contributed by atoms with van der Waals surface area (Å²) in [5.41, 5.74) is 1.80. The van der Waals surface area contributed by atoms with Gasteiger partial charge in [-0.3, -0.25) is 0 Å². The van der Waals surface area contributed by atoms with E-state index in [0.29, 0.717) is 0 Å². The van der Waals surface area contributed by atoms with Gasteiger partial charge in [0, 0.05) is 11.5 Å². The van der Waals surface area contributed by atoms with E-state index in [-0.39, 0.29) is 11.0 Å². The van der Waals surface area contributed by atoms with Gasteiger partial charge < -0.3 is 0 Å². The zero-order chi connectivity index (χ0) is 11.7. The summed E-state index contributed by atoms with van der Waals surface area (Å²) in [6.07, 6.45) is 8.75. The summed E-state index contributed by atoms with van der Waals surface area (Å²) >= 11 is 0. The molecule has 0 aromatic carbocycles. The summed E-state index contributed by atoms with van der Waals surface area (Å²) in [6, 6.07) is 0. The van der Waals surface area contributed by atoms with Gasteiger partial charge in [-0.05, 0) is 26.8 Å². The minimum atomic E-state index is 0.182. The van der Waals surface area contributed by atoms with Crippen LogP contribution >= 0.6 is 0 Å². The molecule has 1 aliphatic heterocycles. The van der Waals surface area contributed by atoms with Crippen molar-refractivity contribution in [2.75, 3.05) is 6.54 Å². The Kier molecular flexibility index (Phi) is 3.22. The lowest BCUT2D eigenvalue weighted by Gasteiger charge is -2.25. The van der Waals surface area contributed by atoms with Gasteiger partial charge in [0.2, 0.25) is 0 Å². The van der Waals surface area contributed by atoms with Crippen molar-refractivity contribution >= 4 is 5.71 Å². The molecule has 0 bridgehead atoms. The highest BCUT2D eigenvalue weighted by Crippen LogP contribution is 2.21. The summed E-state index contributed by atoms with van der Waals surface area (Å²) in [6.45, 7) is 14.6. The molecule has 0 spiro atoms. The Morgan fingerprint density at radius 2 is 1.60 bits per heavy atom. The number of hydrogen-bond acceptors (Lipinski definition) is 0. The van der Waals surface area contributed by atoms with Crippen molar-refractivity contribution in [1.82, 2.24) is 0 Å². The zero-order valence-corrected chi connectivity index (χ0v) is 11.0. The van der Waals surface area contributed by atoms with Crippen LogP contribution in [0.15, 0.2) is 24.3 Å². The van der Waals surface area contributed by atoms with Crippen molar-refractivity contribution < 1.29 is 4.58 Å². The molecule has 0 saturated heterocycles. The maximum Gasteiger partial charge on any atom is 0.182 e. The van der Waals surface area contributed by atoms with E-state index in [2.05, 4.69) is 70.4 Å². The van der Waals surface area contributed by atoms with Gasteiger partial charge in [0.1, 0.15) is 0 Å². The second kappa shape index (κ2) is 3.96. The minimum Gasteiger partial charge on any atom is -0.225 e. The van der Waals surface area contributed by atoms with E-state index in [1.54, 1.807) is 0 Å². The molecule has 0 aromatic rings. The van der Waals surface area contributed by atoms with E-state index in [9.17, 15) is 0 Å². The van der Waals surface area contributed by atoms with E-state index in [1.165, 1.54) is 5.71 Å². The molecule has 0 aliphatic carbocycles. The molecular formula is C14H24N+. The molecule has 15 heavy (non-hydrogen) atoms. The summed E-state index contributed by atoms with van der Waals surface area (Å²) in [5, 5.41) is 0. The molecule has 1 heteroatoms. The SMILES string of the molecule is CC(C)(C)C1=[N+](C(C)(C)C)CC=CC=C1. The molecule has 1 rings (SSSR count). The number of rotatable bonds is 0. The van der Waals surface area contributed by atoms with Crippen molar-refractivity contribution in [3.63, 3.8) is 0 Å². The normalized spacial score (nSPS) is 18.3. The topological polar surface area (TPSA) is 3.01 Å². The lowest BCUT2D eigenvalue weighted by molar-refractivity contribution is -0.590. The van der Waals surface area contributed by atoms with Crippen molar-refractivity contribution in [2.45, 2.75) is 47.1 Å². The van der Waals surface area contributed by atoms with Crippen LogP contribution in [0.2, 0.25) is 0 Å². The third kappa shape index (κ3) is 3.05. The monoisotopic (exact) mass is 206 g/mol. The highest BCUT2D eigenvalue weighted by molar-refractivity contribution is 5.95. The first-order valence-electron chi connectivity index (χ1n) is 5.71. The van der Waals surface area contributed by atoms with Crippen LogP contribution in [-0.2, 0) is 0 Å². The van der Waals surface area contributed by atoms with Crippen LogP contribution in [0.1, 0.15) is 41.5 Å². The first kappa shape index (κ1) is 12.2. The van der Waals surface area contributed by atoms with Crippen molar-refractivity contribution in [2.24, 2.45) is 5.41 Å². The number of hydrogen-bond donors (Lipinski definition) is 0. The minimum absolute atomic E-state index is 0.182. The van der Waals surface area contributed by atoms with Crippen LogP contribution in [-0.4, -0.2) is 22.4 Å². The number of allylic oxidation sites excluding steroid dienone is 3. The lowest BCUT2D eigenvalue weighted by atomic mass is 9.88. The maximum atomic E-state index is 2.48. The average Bonchev–Trinajstić information content (AvgIpc) is 2.24. The molecule has 0 saturated carbocycles. The van der Waals surface area contributed by atoms with Gasteiger partial charge in [0.05, 0.1) is 0 Å². The Hall–Kier alpha value is -0.850. The van der Waals surface area contributed by atoms with Gasteiger partial charge in [-0.2, -0.15) is 0 Å². The Labute approximate surface area is 94.2 Å². The van der Waals surface area contributed by atoms with Gasteiger partial charge in [0.15, 0.2) is 17.8 Å². The van der Waals surface area contributed by atoms with E-state index >= 15 is 0 Å². The fraction of sp³-hybridized carbons (Fsp3) is 0.643. The second-order valence-corrected chi connectivity index (χ2v) is 6.20. The maximum absolute atomic E-state index is 2.48. The molecule has 1 aliphatic rings. The summed E-state index contributed by atoms with van der Waals surface area (Å²) in [4.78, 5) is 0. The molecule has 1 heterocycles. The molecular weight excluding hydrogens is 182 g/mol.